The van der Waals surface area contributed by atoms with E-state index in [0.717, 1.165) is 5.56 Å². The van der Waals surface area contributed by atoms with Gasteiger partial charge in [0.25, 0.3) is 0 Å². The van der Waals surface area contributed by atoms with E-state index in [1.54, 1.807) is 0 Å². The monoisotopic (exact) mass is 148 g/mol. The minimum Gasteiger partial charge on any atom is -0.388 e. The molecule has 1 aliphatic carbocycles. The Labute approximate surface area is 66.7 Å². The summed E-state index contributed by atoms with van der Waals surface area (Å²) in [6, 6.07) is 9.90. The van der Waals surface area contributed by atoms with Crippen LogP contribution in [0.5, 0.6) is 0 Å². The van der Waals surface area contributed by atoms with Gasteiger partial charge in [-0.3, -0.25) is 0 Å². The number of rotatable bonds is 2. The standard InChI is InChI=1S/C10H12O/c11-10(9-6-7-9)8-4-2-1-3-5-8/h1-5,9-11H,6-7H2/t10-/m1/s1. The van der Waals surface area contributed by atoms with Crippen molar-refractivity contribution in [1.82, 2.24) is 0 Å². The van der Waals surface area contributed by atoms with Gasteiger partial charge in [-0.05, 0) is 24.3 Å². The Kier molecular flexibility index (Phi) is 1.66. The van der Waals surface area contributed by atoms with Gasteiger partial charge in [-0.25, -0.2) is 0 Å². The van der Waals surface area contributed by atoms with Crippen LogP contribution in [0.2, 0.25) is 0 Å². The third kappa shape index (κ3) is 1.43. The van der Waals surface area contributed by atoms with Crippen molar-refractivity contribution in [2.75, 3.05) is 0 Å². The Morgan fingerprint density at radius 2 is 1.82 bits per heavy atom. The predicted octanol–water partition coefficient (Wildman–Crippen LogP) is 2.13. The van der Waals surface area contributed by atoms with Crippen LogP contribution < -0.4 is 0 Å². The molecule has 0 aliphatic heterocycles. The largest absolute Gasteiger partial charge is 0.388 e. The van der Waals surface area contributed by atoms with Crippen LogP contribution in [-0.2, 0) is 0 Å². The number of hydrogen-bond acceptors (Lipinski definition) is 1. The molecule has 1 saturated carbocycles. The summed E-state index contributed by atoms with van der Waals surface area (Å²) in [6.07, 6.45) is 2.17. The molecule has 0 saturated heterocycles. The highest BCUT2D eigenvalue weighted by Gasteiger charge is 2.30. The molecule has 1 aromatic carbocycles. The number of hydrogen-bond donors (Lipinski definition) is 1. The maximum Gasteiger partial charge on any atom is 0.0818 e. The molecule has 11 heavy (non-hydrogen) atoms. The van der Waals surface area contributed by atoms with Crippen molar-refractivity contribution in [3.63, 3.8) is 0 Å². The summed E-state index contributed by atoms with van der Waals surface area (Å²) in [7, 11) is 0. The Bertz CT molecular complexity index is 226. The summed E-state index contributed by atoms with van der Waals surface area (Å²) in [5.41, 5.74) is 1.06. The molecule has 1 atom stereocenters. The molecule has 0 heterocycles. The molecular weight excluding hydrogens is 136 g/mol. The Morgan fingerprint density at radius 1 is 1.18 bits per heavy atom. The minimum absolute atomic E-state index is 0.212. The average molecular weight is 148 g/mol. The molecular formula is C10H12O. The van der Waals surface area contributed by atoms with E-state index >= 15 is 0 Å². The summed E-state index contributed by atoms with van der Waals surface area (Å²) in [4.78, 5) is 0. The van der Waals surface area contributed by atoms with E-state index < -0.39 is 0 Å². The van der Waals surface area contributed by atoms with E-state index in [4.69, 9.17) is 0 Å². The van der Waals surface area contributed by atoms with Crippen LogP contribution in [0, 0.1) is 5.92 Å². The van der Waals surface area contributed by atoms with E-state index in [-0.39, 0.29) is 6.10 Å². The van der Waals surface area contributed by atoms with Crippen molar-refractivity contribution in [2.24, 2.45) is 5.92 Å². The molecule has 0 aromatic heterocycles. The van der Waals surface area contributed by atoms with Gasteiger partial charge < -0.3 is 5.11 Å². The lowest BCUT2D eigenvalue weighted by Crippen LogP contribution is -1.98. The lowest BCUT2D eigenvalue weighted by atomic mass is 10.1. The van der Waals surface area contributed by atoms with E-state index in [2.05, 4.69) is 0 Å². The van der Waals surface area contributed by atoms with Gasteiger partial charge in [0, 0.05) is 0 Å². The molecule has 0 bridgehead atoms. The topological polar surface area (TPSA) is 20.2 Å². The fraction of sp³-hybridized carbons (Fsp3) is 0.400. The molecule has 2 rings (SSSR count). The van der Waals surface area contributed by atoms with Gasteiger partial charge in [0.2, 0.25) is 0 Å². The normalized spacial score (nSPS) is 19.7. The lowest BCUT2D eigenvalue weighted by molar-refractivity contribution is 0.154. The molecule has 0 amide bonds. The highest BCUT2D eigenvalue weighted by atomic mass is 16.3. The zero-order chi connectivity index (χ0) is 7.68. The fourth-order valence-corrected chi connectivity index (χ4v) is 1.33. The third-order valence-corrected chi connectivity index (χ3v) is 2.21. The summed E-state index contributed by atoms with van der Waals surface area (Å²) in [5, 5.41) is 9.66. The second kappa shape index (κ2) is 2.67. The first kappa shape index (κ1) is 6.86. The number of aliphatic hydroxyl groups is 1. The van der Waals surface area contributed by atoms with E-state index in [0.29, 0.717) is 5.92 Å². The zero-order valence-electron chi connectivity index (χ0n) is 6.40. The Hall–Kier alpha value is -0.820. The molecule has 0 radical (unpaired) electrons. The second-order valence-electron chi connectivity index (χ2n) is 3.19. The molecule has 0 unspecified atom stereocenters. The van der Waals surface area contributed by atoms with Gasteiger partial charge in [-0.15, -0.1) is 0 Å². The molecule has 1 fully saturated rings. The first-order chi connectivity index (χ1) is 5.38. The SMILES string of the molecule is O[C@H](c1ccccc1)C1CC1. The molecule has 58 valence electrons. The van der Waals surface area contributed by atoms with Crippen LogP contribution in [0.1, 0.15) is 24.5 Å². The van der Waals surface area contributed by atoms with E-state index in [1.165, 1.54) is 12.8 Å². The summed E-state index contributed by atoms with van der Waals surface area (Å²) < 4.78 is 0. The first-order valence-electron chi connectivity index (χ1n) is 4.11. The van der Waals surface area contributed by atoms with Crippen molar-refractivity contribution < 1.29 is 5.11 Å². The molecule has 1 heteroatoms. The van der Waals surface area contributed by atoms with Gasteiger partial charge >= 0.3 is 0 Å². The van der Waals surface area contributed by atoms with Gasteiger partial charge in [0.1, 0.15) is 0 Å². The molecule has 1 aromatic rings. The highest BCUT2D eigenvalue weighted by molar-refractivity contribution is 5.18. The van der Waals surface area contributed by atoms with Crippen LogP contribution in [0.4, 0.5) is 0 Å². The Morgan fingerprint density at radius 3 is 2.36 bits per heavy atom. The lowest BCUT2D eigenvalue weighted by Gasteiger charge is -2.07. The van der Waals surface area contributed by atoms with Gasteiger partial charge in [0.05, 0.1) is 6.10 Å². The molecule has 1 aliphatic rings. The smallest absolute Gasteiger partial charge is 0.0818 e. The van der Waals surface area contributed by atoms with Crippen molar-refractivity contribution in [1.29, 1.82) is 0 Å². The van der Waals surface area contributed by atoms with E-state index in [9.17, 15) is 5.11 Å². The maximum absolute atomic E-state index is 9.66. The minimum atomic E-state index is -0.212. The second-order valence-corrected chi connectivity index (χ2v) is 3.19. The summed E-state index contributed by atoms with van der Waals surface area (Å²) >= 11 is 0. The quantitative estimate of drug-likeness (QED) is 0.681. The van der Waals surface area contributed by atoms with Gasteiger partial charge in [0.15, 0.2) is 0 Å². The highest BCUT2D eigenvalue weighted by Crippen LogP contribution is 2.40. The van der Waals surface area contributed by atoms with Gasteiger partial charge in [-0.1, -0.05) is 30.3 Å². The Balaban J connectivity index is 2.15. The zero-order valence-corrected chi connectivity index (χ0v) is 6.40. The van der Waals surface area contributed by atoms with Gasteiger partial charge in [-0.2, -0.15) is 0 Å². The molecule has 1 nitrogen and oxygen atoms in total. The molecule has 0 spiro atoms. The summed E-state index contributed by atoms with van der Waals surface area (Å²) in [5.74, 6) is 0.539. The van der Waals surface area contributed by atoms with Crippen LogP contribution in [0.15, 0.2) is 30.3 Å². The van der Waals surface area contributed by atoms with Crippen molar-refractivity contribution in [3.05, 3.63) is 35.9 Å². The number of aliphatic hydroxyl groups excluding tert-OH is 1. The first-order valence-corrected chi connectivity index (χ1v) is 4.11. The van der Waals surface area contributed by atoms with E-state index in [1.807, 2.05) is 30.3 Å². The predicted molar refractivity (Wildman–Crippen MR) is 44.1 cm³/mol. The van der Waals surface area contributed by atoms with Crippen molar-refractivity contribution in [3.8, 4) is 0 Å². The third-order valence-electron chi connectivity index (χ3n) is 2.21. The fourth-order valence-electron chi connectivity index (χ4n) is 1.33. The molecule has 1 N–H and O–H groups in total. The van der Waals surface area contributed by atoms with Crippen molar-refractivity contribution >= 4 is 0 Å². The summed E-state index contributed by atoms with van der Waals surface area (Å²) in [6.45, 7) is 0. The van der Waals surface area contributed by atoms with Crippen LogP contribution >= 0.6 is 0 Å². The van der Waals surface area contributed by atoms with Crippen molar-refractivity contribution in [2.45, 2.75) is 18.9 Å². The average Bonchev–Trinajstić information content (AvgIpc) is 2.87. The number of benzene rings is 1. The van der Waals surface area contributed by atoms with Crippen LogP contribution in [-0.4, -0.2) is 5.11 Å². The van der Waals surface area contributed by atoms with Crippen LogP contribution in [0.3, 0.4) is 0 Å². The van der Waals surface area contributed by atoms with Crippen LogP contribution in [0.25, 0.3) is 0 Å². The maximum atomic E-state index is 9.66.